The maximum absolute atomic E-state index is 11.6. The average Bonchev–Trinajstić information content (AvgIpc) is 2.37. The van der Waals surface area contributed by atoms with Crippen LogP contribution in [0.3, 0.4) is 0 Å². The monoisotopic (exact) mass is 265 g/mol. The topological polar surface area (TPSA) is 66.8 Å². The maximum Gasteiger partial charge on any atom is 0.312 e. The molecule has 1 amide bonds. The molecule has 104 valence electrons. The molecule has 0 radical (unpaired) electrons. The molecule has 0 aliphatic carbocycles. The van der Waals surface area contributed by atoms with E-state index in [0.29, 0.717) is 12.3 Å². The number of carbonyl (C=O) groups is 2. The van der Waals surface area contributed by atoms with Crippen molar-refractivity contribution in [3.8, 4) is 5.75 Å². The standard InChI is InChI=1S/C14H19NO4/c1-4-10-5-6-12(19-3)11(7-10)9-15(2)13(16)8-14(17)18/h5-7H,4,8-9H2,1-3H3,(H,17,18). The van der Waals surface area contributed by atoms with Crippen molar-refractivity contribution in [1.29, 1.82) is 0 Å². The second-order valence-corrected chi connectivity index (χ2v) is 4.32. The summed E-state index contributed by atoms with van der Waals surface area (Å²) < 4.78 is 5.25. The van der Waals surface area contributed by atoms with Crippen molar-refractivity contribution in [3.63, 3.8) is 0 Å². The van der Waals surface area contributed by atoms with Gasteiger partial charge in [-0.1, -0.05) is 19.1 Å². The third-order valence-corrected chi connectivity index (χ3v) is 2.89. The van der Waals surface area contributed by atoms with Gasteiger partial charge in [-0.15, -0.1) is 0 Å². The number of carboxylic acid groups (broad SMARTS) is 1. The van der Waals surface area contributed by atoms with Crippen molar-refractivity contribution in [2.24, 2.45) is 0 Å². The molecule has 0 fully saturated rings. The van der Waals surface area contributed by atoms with E-state index >= 15 is 0 Å². The van der Waals surface area contributed by atoms with Crippen molar-refractivity contribution in [1.82, 2.24) is 4.90 Å². The number of hydrogen-bond donors (Lipinski definition) is 1. The summed E-state index contributed by atoms with van der Waals surface area (Å²) >= 11 is 0. The Kier molecular flexibility index (Phi) is 5.36. The van der Waals surface area contributed by atoms with Crippen LogP contribution in [0.2, 0.25) is 0 Å². The molecule has 5 heteroatoms. The van der Waals surface area contributed by atoms with Gasteiger partial charge in [0.15, 0.2) is 0 Å². The van der Waals surface area contributed by atoms with Crippen LogP contribution in [0.1, 0.15) is 24.5 Å². The van der Waals surface area contributed by atoms with E-state index in [0.717, 1.165) is 17.5 Å². The highest BCUT2D eigenvalue weighted by molar-refractivity contribution is 5.93. The Hall–Kier alpha value is -2.04. The van der Waals surface area contributed by atoms with Crippen LogP contribution in [0.15, 0.2) is 18.2 Å². The SMILES string of the molecule is CCc1ccc(OC)c(CN(C)C(=O)CC(=O)O)c1. The average molecular weight is 265 g/mol. The molecule has 1 N–H and O–H groups in total. The predicted octanol–water partition coefficient (Wildman–Crippen LogP) is 1.69. The summed E-state index contributed by atoms with van der Waals surface area (Å²) in [4.78, 5) is 23.5. The van der Waals surface area contributed by atoms with Gasteiger partial charge in [0.25, 0.3) is 0 Å². The normalized spacial score (nSPS) is 10.1. The van der Waals surface area contributed by atoms with Crippen molar-refractivity contribution in [2.45, 2.75) is 26.3 Å². The van der Waals surface area contributed by atoms with E-state index in [9.17, 15) is 9.59 Å². The van der Waals surface area contributed by atoms with E-state index in [1.807, 2.05) is 25.1 Å². The van der Waals surface area contributed by atoms with E-state index < -0.39 is 18.3 Å². The Bertz CT molecular complexity index is 471. The van der Waals surface area contributed by atoms with E-state index in [-0.39, 0.29) is 0 Å². The molecule has 1 aromatic rings. The molecule has 19 heavy (non-hydrogen) atoms. The highest BCUT2D eigenvalue weighted by Gasteiger charge is 2.15. The minimum Gasteiger partial charge on any atom is -0.496 e. The van der Waals surface area contributed by atoms with Gasteiger partial charge in [-0.2, -0.15) is 0 Å². The zero-order valence-electron chi connectivity index (χ0n) is 11.5. The lowest BCUT2D eigenvalue weighted by atomic mass is 10.1. The number of rotatable bonds is 6. The molecule has 0 bridgehead atoms. The lowest BCUT2D eigenvalue weighted by Crippen LogP contribution is -2.28. The number of benzene rings is 1. The van der Waals surface area contributed by atoms with Gasteiger partial charge >= 0.3 is 5.97 Å². The van der Waals surface area contributed by atoms with E-state index in [1.54, 1.807) is 14.2 Å². The first-order valence-corrected chi connectivity index (χ1v) is 6.09. The van der Waals surface area contributed by atoms with Gasteiger partial charge in [-0.3, -0.25) is 9.59 Å². The summed E-state index contributed by atoms with van der Waals surface area (Å²) in [6, 6.07) is 5.81. The molecule has 5 nitrogen and oxygen atoms in total. The molecule has 0 saturated heterocycles. The van der Waals surface area contributed by atoms with E-state index in [1.165, 1.54) is 4.90 Å². The van der Waals surface area contributed by atoms with Crippen molar-refractivity contribution < 1.29 is 19.4 Å². The Labute approximate surface area is 112 Å². The second-order valence-electron chi connectivity index (χ2n) is 4.32. The molecule has 0 heterocycles. The highest BCUT2D eigenvalue weighted by atomic mass is 16.5. The van der Waals surface area contributed by atoms with Crippen molar-refractivity contribution in [2.75, 3.05) is 14.2 Å². The molecule has 0 aliphatic rings. The van der Waals surface area contributed by atoms with E-state index in [4.69, 9.17) is 9.84 Å². The molecule has 1 aromatic carbocycles. The summed E-state index contributed by atoms with van der Waals surface area (Å²) in [5.74, 6) is -0.838. The van der Waals surface area contributed by atoms with Crippen LogP contribution >= 0.6 is 0 Å². The summed E-state index contributed by atoms with van der Waals surface area (Å²) in [5.41, 5.74) is 2.03. The fourth-order valence-electron chi connectivity index (χ4n) is 1.78. The van der Waals surface area contributed by atoms with Crippen molar-refractivity contribution >= 4 is 11.9 Å². The largest absolute Gasteiger partial charge is 0.496 e. The lowest BCUT2D eigenvalue weighted by molar-refractivity contribution is -0.143. The van der Waals surface area contributed by atoms with Crippen LogP contribution in [0.4, 0.5) is 0 Å². The van der Waals surface area contributed by atoms with E-state index in [2.05, 4.69) is 0 Å². The van der Waals surface area contributed by atoms with Crippen molar-refractivity contribution in [3.05, 3.63) is 29.3 Å². The first-order chi connectivity index (χ1) is 8.97. The number of ether oxygens (including phenoxy) is 1. The summed E-state index contributed by atoms with van der Waals surface area (Å²) in [6.45, 7) is 2.38. The van der Waals surface area contributed by atoms with Gasteiger partial charge in [0.05, 0.1) is 7.11 Å². The number of carbonyl (C=O) groups excluding carboxylic acids is 1. The first-order valence-electron chi connectivity index (χ1n) is 6.09. The van der Waals surface area contributed by atoms with Crippen LogP contribution in [0.5, 0.6) is 5.75 Å². The van der Waals surface area contributed by atoms with Crippen LogP contribution in [0.25, 0.3) is 0 Å². The maximum atomic E-state index is 11.6. The zero-order chi connectivity index (χ0) is 14.4. The fraction of sp³-hybridized carbons (Fsp3) is 0.429. The summed E-state index contributed by atoms with van der Waals surface area (Å²) in [6.07, 6.45) is 0.399. The molecule has 0 aliphatic heterocycles. The molecule has 0 saturated carbocycles. The first kappa shape index (κ1) is 15.0. The van der Waals surface area contributed by atoms with Gasteiger partial charge < -0.3 is 14.7 Å². The third kappa shape index (κ3) is 4.28. The number of hydrogen-bond acceptors (Lipinski definition) is 3. The van der Waals surface area contributed by atoms with Gasteiger partial charge in [-0.05, 0) is 18.1 Å². The Morgan fingerprint density at radius 2 is 2.05 bits per heavy atom. The van der Waals surface area contributed by atoms with Gasteiger partial charge in [-0.25, -0.2) is 0 Å². The second kappa shape index (κ2) is 6.78. The number of methoxy groups -OCH3 is 1. The Morgan fingerprint density at radius 3 is 2.58 bits per heavy atom. The minimum atomic E-state index is -1.12. The predicted molar refractivity (Wildman–Crippen MR) is 71.1 cm³/mol. The lowest BCUT2D eigenvalue weighted by Gasteiger charge is -2.18. The molecule has 0 spiro atoms. The van der Waals surface area contributed by atoms with Gasteiger partial charge in [0.2, 0.25) is 5.91 Å². The Balaban J connectivity index is 2.85. The number of nitrogens with zero attached hydrogens (tertiary/aromatic N) is 1. The molecule has 1 rings (SSSR count). The smallest absolute Gasteiger partial charge is 0.312 e. The molecule has 0 unspecified atom stereocenters. The van der Waals surface area contributed by atoms with Gasteiger partial charge in [0, 0.05) is 19.2 Å². The van der Waals surface area contributed by atoms with Crippen LogP contribution in [-0.4, -0.2) is 36.0 Å². The quantitative estimate of drug-likeness (QED) is 0.795. The van der Waals surface area contributed by atoms with Gasteiger partial charge in [0.1, 0.15) is 12.2 Å². The van der Waals surface area contributed by atoms with Crippen LogP contribution < -0.4 is 4.74 Å². The molecule has 0 atom stereocenters. The summed E-state index contributed by atoms with van der Waals surface area (Å²) in [5, 5.41) is 8.61. The summed E-state index contributed by atoms with van der Waals surface area (Å²) in [7, 11) is 3.16. The number of amides is 1. The Morgan fingerprint density at radius 1 is 1.37 bits per heavy atom. The zero-order valence-corrected chi connectivity index (χ0v) is 11.5. The number of carboxylic acids is 1. The minimum absolute atomic E-state index is 0.336. The highest BCUT2D eigenvalue weighted by Crippen LogP contribution is 2.21. The fourth-order valence-corrected chi connectivity index (χ4v) is 1.78. The number of aryl methyl sites for hydroxylation is 1. The molecule has 0 aromatic heterocycles. The third-order valence-electron chi connectivity index (χ3n) is 2.89. The number of aliphatic carboxylic acids is 1. The van der Waals surface area contributed by atoms with Crippen LogP contribution in [-0.2, 0) is 22.6 Å². The molecular formula is C14H19NO4. The molecular weight excluding hydrogens is 246 g/mol. The van der Waals surface area contributed by atoms with Crippen LogP contribution in [0, 0.1) is 0 Å².